The van der Waals surface area contributed by atoms with Crippen LogP contribution in [0.25, 0.3) is 22.3 Å². The minimum atomic E-state index is -1.93. The maximum Gasteiger partial charge on any atom is 0.415 e. The monoisotopic (exact) mass is 591 g/mol. The summed E-state index contributed by atoms with van der Waals surface area (Å²) in [6, 6.07) is 6.60. The van der Waals surface area contributed by atoms with E-state index in [0.717, 1.165) is 16.5 Å². The Kier molecular flexibility index (Phi) is 6.53. The Hall–Kier alpha value is -4.78. The third kappa shape index (κ3) is 4.09. The maximum atomic E-state index is 13.5. The van der Waals surface area contributed by atoms with Gasteiger partial charge in [-0.2, -0.15) is 0 Å². The van der Waals surface area contributed by atoms with E-state index in [0.29, 0.717) is 23.3 Å². The fourth-order valence-electron chi connectivity index (χ4n) is 6.36. The smallest absolute Gasteiger partial charge is 0.415 e. The van der Waals surface area contributed by atoms with Gasteiger partial charge in [0.1, 0.15) is 12.4 Å². The number of rotatable bonds is 5. The second kappa shape index (κ2) is 9.90. The van der Waals surface area contributed by atoms with Gasteiger partial charge in [-0.1, -0.05) is 13.8 Å². The van der Waals surface area contributed by atoms with Crippen LogP contribution in [0.2, 0.25) is 0 Å². The van der Waals surface area contributed by atoms with E-state index in [1.54, 1.807) is 35.8 Å². The van der Waals surface area contributed by atoms with Gasteiger partial charge in [0.25, 0.3) is 5.56 Å². The van der Waals surface area contributed by atoms with Crippen LogP contribution in [0.4, 0.5) is 4.79 Å². The second-order valence-electron chi connectivity index (χ2n) is 11.1. The van der Waals surface area contributed by atoms with Crippen LogP contribution in [0.5, 0.6) is 5.75 Å². The highest BCUT2D eigenvalue weighted by Gasteiger charge is 2.49. The number of carbonyl (C=O) groups is 4. The number of ether oxygens (including phenoxy) is 2. The average molecular weight is 592 g/mol. The summed E-state index contributed by atoms with van der Waals surface area (Å²) in [4.78, 5) is 68.2. The van der Waals surface area contributed by atoms with Crippen LogP contribution in [0.1, 0.15) is 55.4 Å². The lowest BCUT2D eigenvalue weighted by atomic mass is 9.78. The number of aryl methyl sites for hydroxylation is 1. The predicted molar refractivity (Wildman–Crippen MR) is 148 cm³/mol. The normalized spacial score (nSPS) is 20.2. The van der Waals surface area contributed by atoms with Crippen molar-refractivity contribution in [2.45, 2.75) is 58.3 Å². The van der Waals surface area contributed by atoms with Crippen LogP contribution in [-0.4, -0.2) is 66.9 Å². The summed E-state index contributed by atoms with van der Waals surface area (Å²) in [6.45, 7) is 3.44. The Morgan fingerprint density at radius 1 is 1.05 bits per heavy atom. The highest BCUT2D eigenvalue weighted by Crippen LogP contribution is 2.41. The van der Waals surface area contributed by atoms with Crippen molar-refractivity contribution in [2.75, 3.05) is 13.1 Å². The molecule has 6 rings (SSSR count). The standard InChI is InChI=1S/C30H29N3O10/c1-3-16-17-11-15(43-28(40)32-9-7-29(8-10-32,25(35)36)26(37)38)5-6-21(17)31-23-18(16)13-33-22(23)12-20-19(24(33)34)14-42-27(39)30(20,41)4-2/h5-6,11-12,41H,3-4,7-10,13-14H2,1-2H3,(H,35,36)(H,37,38)/t30-/m0/s1. The van der Waals surface area contributed by atoms with E-state index in [1.807, 2.05) is 6.92 Å². The van der Waals surface area contributed by atoms with Gasteiger partial charge in [0, 0.05) is 29.6 Å². The van der Waals surface area contributed by atoms with Crippen LogP contribution in [-0.2, 0) is 44.3 Å². The molecule has 0 bridgehead atoms. The van der Waals surface area contributed by atoms with Gasteiger partial charge in [0.2, 0.25) is 0 Å². The summed E-state index contributed by atoms with van der Waals surface area (Å²) in [7, 11) is 0. The van der Waals surface area contributed by atoms with Crippen molar-refractivity contribution in [3.63, 3.8) is 0 Å². The number of esters is 1. The van der Waals surface area contributed by atoms with Crippen molar-refractivity contribution in [1.82, 2.24) is 14.5 Å². The molecule has 2 aromatic heterocycles. The molecule has 0 spiro atoms. The molecule has 0 unspecified atom stereocenters. The Bertz CT molecular complexity index is 1790. The van der Waals surface area contributed by atoms with E-state index in [1.165, 1.54) is 4.90 Å². The third-order valence-corrected chi connectivity index (χ3v) is 9.03. The van der Waals surface area contributed by atoms with Gasteiger partial charge < -0.3 is 34.3 Å². The molecule has 1 atom stereocenters. The van der Waals surface area contributed by atoms with E-state index in [-0.39, 0.29) is 67.9 Å². The van der Waals surface area contributed by atoms with Crippen LogP contribution >= 0.6 is 0 Å². The van der Waals surface area contributed by atoms with Crippen LogP contribution in [0, 0.1) is 5.41 Å². The minimum absolute atomic E-state index is 0.0405. The average Bonchev–Trinajstić information content (AvgIpc) is 3.36. The summed E-state index contributed by atoms with van der Waals surface area (Å²) in [5.74, 6) is -3.42. The van der Waals surface area contributed by atoms with Crippen molar-refractivity contribution in [3.05, 3.63) is 56.9 Å². The summed E-state index contributed by atoms with van der Waals surface area (Å²) in [5.41, 5.74) is -0.395. The summed E-state index contributed by atoms with van der Waals surface area (Å²) >= 11 is 0. The number of carboxylic acid groups (broad SMARTS) is 2. The molecular weight excluding hydrogens is 562 g/mol. The Morgan fingerprint density at radius 2 is 1.74 bits per heavy atom. The molecule has 3 aromatic rings. The van der Waals surface area contributed by atoms with Gasteiger partial charge in [0.15, 0.2) is 11.0 Å². The summed E-state index contributed by atoms with van der Waals surface area (Å²) < 4.78 is 12.3. The van der Waals surface area contributed by atoms with Gasteiger partial charge in [-0.25, -0.2) is 14.6 Å². The van der Waals surface area contributed by atoms with Gasteiger partial charge in [-0.15, -0.1) is 0 Å². The Morgan fingerprint density at radius 3 is 2.37 bits per heavy atom. The molecule has 1 fully saturated rings. The maximum absolute atomic E-state index is 13.5. The Balaban J connectivity index is 1.33. The number of hydrogen-bond acceptors (Lipinski definition) is 9. The predicted octanol–water partition coefficient (Wildman–Crippen LogP) is 2.39. The number of aliphatic hydroxyl groups is 1. The van der Waals surface area contributed by atoms with E-state index in [9.17, 15) is 39.3 Å². The minimum Gasteiger partial charge on any atom is -0.480 e. The number of pyridine rings is 2. The molecule has 13 nitrogen and oxygen atoms in total. The van der Waals surface area contributed by atoms with E-state index < -0.39 is 35.0 Å². The lowest BCUT2D eigenvalue weighted by molar-refractivity contribution is -0.172. The second-order valence-corrected chi connectivity index (χ2v) is 11.1. The number of nitrogens with zero attached hydrogens (tertiary/aromatic N) is 3. The zero-order valence-electron chi connectivity index (χ0n) is 23.5. The molecule has 1 amide bonds. The molecule has 13 heteroatoms. The zero-order valence-corrected chi connectivity index (χ0v) is 23.5. The molecule has 1 saturated heterocycles. The molecule has 224 valence electrons. The number of aromatic nitrogens is 2. The number of carboxylic acids is 2. The molecule has 0 aliphatic carbocycles. The lowest BCUT2D eigenvalue weighted by Crippen LogP contribution is -2.51. The zero-order chi connectivity index (χ0) is 30.8. The van der Waals surface area contributed by atoms with E-state index in [2.05, 4.69) is 0 Å². The third-order valence-electron chi connectivity index (χ3n) is 9.03. The highest BCUT2D eigenvalue weighted by atomic mass is 16.6. The first kappa shape index (κ1) is 28.3. The first-order valence-corrected chi connectivity index (χ1v) is 14.0. The first-order valence-electron chi connectivity index (χ1n) is 14.0. The van der Waals surface area contributed by atoms with Crippen molar-refractivity contribution in [1.29, 1.82) is 0 Å². The number of benzene rings is 1. The van der Waals surface area contributed by atoms with Crippen molar-refractivity contribution in [3.8, 4) is 17.1 Å². The SMILES string of the molecule is CCc1c2c(nc3ccc(OC(=O)N4CCC(C(=O)O)(C(=O)O)CC4)cc13)-c1cc3c(c(=O)n1C2)COC(=O)[C@]3(O)CC. The highest BCUT2D eigenvalue weighted by molar-refractivity contribution is 5.98. The molecule has 1 aromatic carbocycles. The number of likely N-dealkylation sites (tertiary alicyclic amines) is 1. The first-order chi connectivity index (χ1) is 20.4. The lowest BCUT2D eigenvalue weighted by Gasteiger charge is -2.35. The van der Waals surface area contributed by atoms with Gasteiger partial charge in [0.05, 0.1) is 29.0 Å². The molecule has 0 radical (unpaired) electrons. The quantitative estimate of drug-likeness (QED) is 0.229. The molecule has 0 saturated carbocycles. The summed E-state index contributed by atoms with van der Waals surface area (Å²) in [6.07, 6.45) is -0.584. The molecule has 3 aliphatic rings. The van der Waals surface area contributed by atoms with E-state index >= 15 is 0 Å². The molecule has 3 aliphatic heterocycles. The van der Waals surface area contributed by atoms with E-state index in [4.69, 9.17) is 14.5 Å². The molecule has 5 heterocycles. The number of piperidine rings is 1. The fourth-order valence-corrected chi connectivity index (χ4v) is 6.36. The number of amides is 1. The van der Waals surface area contributed by atoms with Crippen LogP contribution < -0.4 is 10.3 Å². The van der Waals surface area contributed by atoms with Crippen molar-refractivity contribution in [2.24, 2.45) is 5.41 Å². The largest absolute Gasteiger partial charge is 0.480 e. The van der Waals surface area contributed by atoms with Crippen LogP contribution in [0.3, 0.4) is 0 Å². The summed E-state index contributed by atoms with van der Waals surface area (Å²) in [5, 5.41) is 30.7. The number of carbonyl (C=O) groups excluding carboxylic acids is 2. The van der Waals surface area contributed by atoms with Crippen molar-refractivity contribution < 1.29 is 44.0 Å². The molecule has 3 N–H and O–H groups in total. The van der Waals surface area contributed by atoms with Gasteiger partial charge >= 0.3 is 24.0 Å². The molecule has 43 heavy (non-hydrogen) atoms. The van der Waals surface area contributed by atoms with Gasteiger partial charge in [-0.05, 0) is 55.5 Å². The van der Waals surface area contributed by atoms with Crippen molar-refractivity contribution >= 4 is 34.9 Å². The number of hydrogen-bond donors (Lipinski definition) is 3. The topological polar surface area (TPSA) is 186 Å². The number of aliphatic carboxylic acids is 2. The number of cyclic esters (lactones) is 1. The molecular formula is C30H29N3O10. The van der Waals surface area contributed by atoms with Gasteiger partial charge in [-0.3, -0.25) is 14.4 Å². The fraction of sp³-hybridized carbons (Fsp3) is 0.400. The number of fused-ring (bicyclic) bond motifs is 5. The van der Waals surface area contributed by atoms with Crippen LogP contribution in [0.15, 0.2) is 29.1 Å². The Labute approximate surface area is 244 Å².